The number of hydrazine groups is 1. The first-order valence-corrected chi connectivity index (χ1v) is 11.7. The highest BCUT2D eigenvalue weighted by Crippen LogP contribution is 2.34. The van der Waals surface area contributed by atoms with Gasteiger partial charge in [-0.15, -0.1) is 0 Å². The highest BCUT2D eigenvalue weighted by Gasteiger charge is 2.16. The molecule has 3 rings (SSSR count). The molecule has 0 saturated heterocycles. The number of rotatable bonds is 7. The molecule has 1 unspecified atom stereocenters. The van der Waals surface area contributed by atoms with Gasteiger partial charge < -0.3 is 9.47 Å². The molecule has 0 fully saturated rings. The summed E-state index contributed by atoms with van der Waals surface area (Å²) in [5.74, 6) is 0.570. The third-order valence-corrected chi connectivity index (χ3v) is 6.10. The first-order chi connectivity index (χ1) is 15.2. The highest BCUT2D eigenvalue weighted by molar-refractivity contribution is 9.11. The fourth-order valence-electron chi connectivity index (χ4n) is 2.96. The number of carbonyl (C=O) groups excluding carboxylic acids is 2. The number of hydrogen-bond donors (Lipinski definition) is 2. The molecule has 0 radical (unpaired) electrons. The van der Waals surface area contributed by atoms with Gasteiger partial charge in [0.25, 0.3) is 11.8 Å². The van der Waals surface area contributed by atoms with Crippen molar-refractivity contribution >= 4 is 54.4 Å². The second-order valence-corrected chi connectivity index (χ2v) is 9.26. The summed E-state index contributed by atoms with van der Waals surface area (Å²) in [6.07, 6.45) is -0.782. The standard InChI is InChI=1S/C24H24Br2N2O4/c1-14(2)16-4-8-19(9-5-16)32-15(3)24(30)28-27-22(29)13-31-21-11-6-17-12-18(25)7-10-20(17)23(21)26/h4-12,14-15H,13H2,1-3H3,(H,27,29)(H,28,30). The van der Waals surface area contributed by atoms with Gasteiger partial charge in [-0.2, -0.15) is 0 Å². The lowest BCUT2D eigenvalue weighted by molar-refractivity contribution is -0.133. The van der Waals surface area contributed by atoms with Gasteiger partial charge in [0.1, 0.15) is 11.5 Å². The van der Waals surface area contributed by atoms with Crippen LogP contribution in [0.3, 0.4) is 0 Å². The van der Waals surface area contributed by atoms with Crippen molar-refractivity contribution in [3.8, 4) is 11.5 Å². The predicted molar refractivity (Wildman–Crippen MR) is 132 cm³/mol. The molecule has 0 aliphatic heterocycles. The Morgan fingerprint density at radius 3 is 2.34 bits per heavy atom. The molecule has 0 spiro atoms. The highest BCUT2D eigenvalue weighted by atomic mass is 79.9. The van der Waals surface area contributed by atoms with Crippen LogP contribution in [0.1, 0.15) is 32.3 Å². The molecule has 6 nitrogen and oxygen atoms in total. The summed E-state index contributed by atoms with van der Waals surface area (Å²) in [7, 11) is 0. The van der Waals surface area contributed by atoms with E-state index in [2.05, 4.69) is 56.6 Å². The third kappa shape index (κ3) is 6.23. The zero-order chi connectivity index (χ0) is 23.3. The Morgan fingerprint density at radius 1 is 0.938 bits per heavy atom. The average molecular weight is 564 g/mol. The van der Waals surface area contributed by atoms with Gasteiger partial charge in [-0.3, -0.25) is 20.4 Å². The molecule has 1 atom stereocenters. The third-order valence-electron chi connectivity index (χ3n) is 4.79. The van der Waals surface area contributed by atoms with Crippen molar-refractivity contribution in [1.82, 2.24) is 10.9 Å². The van der Waals surface area contributed by atoms with Gasteiger partial charge in [-0.1, -0.05) is 54.0 Å². The van der Waals surface area contributed by atoms with Gasteiger partial charge >= 0.3 is 0 Å². The average Bonchev–Trinajstić information content (AvgIpc) is 2.77. The largest absolute Gasteiger partial charge is 0.483 e. The summed E-state index contributed by atoms with van der Waals surface area (Å²) in [6.45, 7) is 5.57. The van der Waals surface area contributed by atoms with Crippen molar-refractivity contribution < 1.29 is 19.1 Å². The molecular weight excluding hydrogens is 540 g/mol. The number of carbonyl (C=O) groups is 2. The van der Waals surface area contributed by atoms with Crippen molar-refractivity contribution in [2.24, 2.45) is 0 Å². The van der Waals surface area contributed by atoms with Crippen LogP contribution >= 0.6 is 31.9 Å². The smallest absolute Gasteiger partial charge is 0.279 e. The molecule has 0 heterocycles. The second-order valence-electron chi connectivity index (χ2n) is 7.55. The zero-order valence-electron chi connectivity index (χ0n) is 17.9. The minimum atomic E-state index is -0.782. The summed E-state index contributed by atoms with van der Waals surface area (Å²) >= 11 is 6.97. The normalized spacial score (nSPS) is 11.8. The van der Waals surface area contributed by atoms with Crippen LogP contribution < -0.4 is 20.3 Å². The van der Waals surface area contributed by atoms with Crippen LogP contribution in [0.25, 0.3) is 10.8 Å². The summed E-state index contributed by atoms with van der Waals surface area (Å²) < 4.78 is 13.0. The van der Waals surface area contributed by atoms with Crippen LogP contribution in [0, 0.1) is 0 Å². The SMILES string of the molecule is CC(Oc1ccc(C(C)C)cc1)C(=O)NNC(=O)COc1ccc2cc(Br)ccc2c1Br. The molecule has 3 aromatic carbocycles. The Balaban J connectivity index is 1.48. The van der Waals surface area contributed by atoms with Gasteiger partial charge in [-0.25, -0.2) is 0 Å². The summed E-state index contributed by atoms with van der Waals surface area (Å²) in [5, 5.41) is 2.00. The van der Waals surface area contributed by atoms with E-state index in [1.807, 2.05) is 48.5 Å². The molecule has 3 aromatic rings. The molecule has 168 valence electrons. The fraction of sp³-hybridized carbons (Fsp3) is 0.250. The summed E-state index contributed by atoms with van der Waals surface area (Å²) in [5.41, 5.74) is 5.89. The Labute approximate surface area is 203 Å². The number of ether oxygens (including phenoxy) is 2. The van der Waals surface area contributed by atoms with Gasteiger partial charge in [0.15, 0.2) is 12.7 Å². The van der Waals surface area contributed by atoms with Crippen molar-refractivity contribution in [2.45, 2.75) is 32.8 Å². The molecule has 8 heteroatoms. The lowest BCUT2D eigenvalue weighted by Gasteiger charge is -2.16. The monoisotopic (exact) mass is 562 g/mol. The van der Waals surface area contributed by atoms with Crippen molar-refractivity contribution in [3.05, 3.63) is 69.1 Å². The number of benzene rings is 3. The maximum Gasteiger partial charge on any atom is 0.279 e. The predicted octanol–water partition coefficient (Wildman–Crippen LogP) is 5.48. The Morgan fingerprint density at radius 2 is 1.66 bits per heavy atom. The molecule has 0 aliphatic carbocycles. The Hall–Kier alpha value is -2.58. The number of fused-ring (bicyclic) bond motifs is 1. The lowest BCUT2D eigenvalue weighted by Crippen LogP contribution is -2.48. The van der Waals surface area contributed by atoms with E-state index in [-0.39, 0.29) is 6.61 Å². The topological polar surface area (TPSA) is 76.7 Å². The van der Waals surface area contributed by atoms with E-state index in [1.54, 1.807) is 13.0 Å². The molecular formula is C24H24Br2N2O4. The minimum absolute atomic E-state index is 0.257. The van der Waals surface area contributed by atoms with Crippen molar-refractivity contribution in [3.63, 3.8) is 0 Å². The van der Waals surface area contributed by atoms with Crippen LogP contribution in [0.15, 0.2) is 63.5 Å². The quantitative estimate of drug-likeness (QED) is 0.373. The zero-order valence-corrected chi connectivity index (χ0v) is 21.1. The molecule has 0 aliphatic rings. The van der Waals surface area contributed by atoms with Crippen LogP contribution in [0.4, 0.5) is 0 Å². The van der Waals surface area contributed by atoms with E-state index >= 15 is 0 Å². The second kappa shape index (κ2) is 10.8. The minimum Gasteiger partial charge on any atom is -0.483 e. The lowest BCUT2D eigenvalue weighted by atomic mass is 10.0. The van der Waals surface area contributed by atoms with E-state index in [1.165, 1.54) is 5.56 Å². The van der Waals surface area contributed by atoms with Crippen LogP contribution in [0.5, 0.6) is 11.5 Å². The number of amides is 2. The molecule has 32 heavy (non-hydrogen) atoms. The van der Waals surface area contributed by atoms with E-state index in [9.17, 15) is 9.59 Å². The first-order valence-electron chi connectivity index (χ1n) is 10.1. The maximum absolute atomic E-state index is 12.2. The van der Waals surface area contributed by atoms with Gasteiger partial charge in [0.05, 0.1) is 4.47 Å². The maximum atomic E-state index is 12.2. The number of hydrogen-bond acceptors (Lipinski definition) is 4. The van der Waals surface area contributed by atoms with Crippen LogP contribution in [-0.4, -0.2) is 24.5 Å². The van der Waals surface area contributed by atoms with Crippen molar-refractivity contribution in [1.29, 1.82) is 0 Å². The van der Waals surface area contributed by atoms with Crippen LogP contribution in [0.2, 0.25) is 0 Å². The van der Waals surface area contributed by atoms with Crippen molar-refractivity contribution in [2.75, 3.05) is 6.61 Å². The molecule has 2 N–H and O–H groups in total. The summed E-state index contributed by atoms with van der Waals surface area (Å²) in [4.78, 5) is 24.3. The van der Waals surface area contributed by atoms with E-state index in [0.29, 0.717) is 17.4 Å². The van der Waals surface area contributed by atoms with E-state index in [4.69, 9.17) is 9.47 Å². The van der Waals surface area contributed by atoms with Gasteiger partial charge in [-0.05, 0) is 75.4 Å². The van der Waals surface area contributed by atoms with Gasteiger partial charge in [0, 0.05) is 4.47 Å². The Kier molecular flexibility index (Phi) is 8.15. The van der Waals surface area contributed by atoms with E-state index < -0.39 is 17.9 Å². The van der Waals surface area contributed by atoms with Gasteiger partial charge in [0.2, 0.25) is 0 Å². The number of nitrogens with one attached hydrogen (secondary N) is 2. The first kappa shape index (κ1) is 24.1. The number of halogens is 2. The fourth-order valence-corrected chi connectivity index (χ4v) is 3.94. The van der Waals surface area contributed by atoms with E-state index in [0.717, 1.165) is 19.7 Å². The van der Waals surface area contributed by atoms with Crippen LogP contribution in [-0.2, 0) is 9.59 Å². The molecule has 2 amide bonds. The summed E-state index contributed by atoms with van der Waals surface area (Å²) in [6, 6.07) is 17.2. The molecule has 0 saturated carbocycles. The molecule has 0 aromatic heterocycles. The molecule has 0 bridgehead atoms. The Bertz CT molecular complexity index is 1120.